The molecule has 1 heterocycles. The van der Waals surface area contributed by atoms with Crippen LogP contribution in [0.5, 0.6) is 0 Å². The Balaban J connectivity index is 2.77. The van der Waals surface area contributed by atoms with Gasteiger partial charge in [0.05, 0.1) is 119 Å². The van der Waals surface area contributed by atoms with Gasteiger partial charge in [-0.3, -0.25) is 0 Å². The highest BCUT2D eigenvalue weighted by Crippen LogP contribution is 2.67. The molecule has 1 aromatic heterocycles. The van der Waals surface area contributed by atoms with Gasteiger partial charge in [0.2, 0.25) is 17.8 Å². The van der Waals surface area contributed by atoms with Gasteiger partial charge in [-0.15, -0.1) is 0 Å². The normalized spacial score (nSPS) is 15.0. The van der Waals surface area contributed by atoms with Gasteiger partial charge in [0.25, 0.3) is 0 Å². The molecule has 0 saturated heterocycles. The highest BCUT2D eigenvalue weighted by molar-refractivity contribution is 5.42. The van der Waals surface area contributed by atoms with E-state index in [0.717, 1.165) is 0 Å². The van der Waals surface area contributed by atoms with Gasteiger partial charge in [0.15, 0.2) is 0 Å². The Morgan fingerprint density at radius 3 is 0.463 bits per heavy atom. The predicted octanol–water partition coefficient (Wildman–Crippen LogP) is 16.6. The van der Waals surface area contributed by atoms with Crippen molar-refractivity contribution >= 4 is 17.8 Å². The van der Waals surface area contributed by atoms with Crippen LogP contribution in [-0.2, 0) is 56.8 Å². The van der Waals surface area contributed by atoms with E-state index in [1.807, 2.05) is 0 Å². The molecule has 1 aromatic rings. The first kappa shape index (κ1) is 116. The molecule has 0 saturated carbocycles. The van der Waals surface area contributed by atoms with Gasteiger partial charge >= 0.3 is 144 Å². The van der Waals surface area contributed by atoms with E-state index >= 15 is 0 Å². The Bertz CT molecular complexity index is 2900. The third kappa shape index (κ3) is 25.8. The maximum atomic E-state index is 14.0. The number of nitrogens with one attached hydrogen (secondary N) is 3. The van der Waals surface area contributed by atoms with E-state index in [4.69, 9.17) is 42.6 Å². The number of hydrogen-bond acceptors (Lipinski definition) is 18. The van der Waals surface area contributed by atoms with Gasteiger partial charge in [-0.05, 0) is 19.3 Å². The quantitative estimate of drug-likeness (QED) is 0.0413. The number of rotatable bonds is 69. The van der Waals surface area contributed by atoms with Crippen LogP contribution in [0.3, 0.4) is 0 Å². The molecular weight excluding hydrogens is 1870 g/mol. The molecule has 0 aliphatic carbocycles. The van der Waals surface area contributed by atoms with Gasteiger partial charge < -0.3 is 72.8 Å². The lowest BCUT2D eigenvalue weighted by molar-refractivity contribution is -0.448. The lowest BCUT2D eigenvalue weighted by Crippen LogP contribution is -2.74. The van der Waals surface area contributed by atoms with E-state index in [9.17, 15) is 211 Å². The number of alkyl halides is 48. The highest BCUT2D eigenvalue weighted by Gasteiger charge is 2.97. The minimum Gasteiger partial charge on any atom is -0.379 e. The van der Waals surface area contributed by atoms with Gasteiger partial charge in [0.1, 0.15) is 19.8 Å². The number of anilines is 3. The SMILES string of the molecule is FC(F)C(F)(F)C(F)(F)C(F)(F)C(F)(F)C(F)(F)C(F)(F)C(F)(F)COCCOCCOCCOCCCNc1nc(NCCCOCCOCCOCCOCC(F)(F)C(F)(F)C(F)(F)C(F)(F)C(F)(F)C(F)(F)C(F)(F)C(F)F)nc(NCCCOCCOCCOCCOCC(F)(F)C(F)(F)C(F)(F)C(F)(F)C(F)(F)C(F)(F)C(F)(F)C(F)F)n1. The molecule has 1 rings (SSSR count). The monoisotopic (exact) mass is 1940 g/mol. The van der Waals surface area contributed by atoms with Gasteiger partial charge in [0, 0.05) is 39.5 Å². The molecule has 3 N–H and O–H groups in total. The second-order valence-corrected chi connectivity index (χ2v) is 24.3. The van der Waals surface area contributed by atoms with Crippen LogP contribution in [0.4, 0.5) is 229 Å². The molecular formula is C57H66F48N6O12. The van der Waals surface area contributed by atoms with Gasteiger partial charge in [-0.25, -0.2) is 26.3 Å². The molecule has 0 spiro atoms. The van der Waals surface area contributed by atoms with Crippen LogP contribution < -0.4 is 16.0 Å². The summed E-state index contributed by atoms with van der Waals surface area (Å²) in [6.07, 6.45) is -17.5. The van der Waals surface area contributed by atoms with Crippen molar-refractivity contribution in [1.82, 2.24) is 15.0 Å². The van der Waals surface area contributed by atoms with Crippen LogP contribution in [0.2, 0.25) is 0 Å². The van der Waals surface area contributed by atoms with Crippen molar-refractivity contribution < 1.29 is 268 Å². The van der Waals surface area contributed by atoms with Crippen LogP contribution in [0.15, 0.2) is 0 Å². The summed E-state index contributed by atoms with van der Waals surface area (Å²) < 4.78 is 707. The summed E-state index contributed by atoms with van der Waals surface area (Å²) in [5.41, 5.74) is 0. The molecule has 66 heteroatoms. The third-order valence-electron chi connectivity index (χ3n) is 15.3. The van der Waals surface area contributed by atoms with Crippen molar-refractivity contribution in [3.05, 3.63) is 0 Å². The number of hydrogen-bond donors (Lipinski definition) is 3. The molecule has 0 radical (unpaired) electrons. The maximum absolute atomic E-state index is 14.0. The summed E-state index contributed by atoms with van der Waals surface area (Å²) in [5.74, 6) is -168. The van der Waals surface area contributed by atoms with E-state index in [0.29, 0.717) is 0 Å². The summed E-state index contributed by atoms with van der Waals surface area (Å²) in [5, 5.41) is 8.47. The molecule has 18 nitrogen and oxygen atoms in total. The van der Waals surface area contributed by atoms with Crippen LogP contribution >= 0.6 is 0 Å². The second-order valence-electron chi connectivity index (χ2n) is 24.3. The van der Waals surface area contributed by atoms with E-state index in [1.54, 1.807) is 0 Å². The van der Waals surface area contributed by atoms with Crippen molar-refractivity contribution in [2.75, 3.05) is 194 Å². The van der Waals surface area contributed by atoms with Crippen LogP contribution in [0.25, 0.3) is 0 Å². The first-order chi connectivity index (χ1) is 55.6. The van der Waals surface area contributed by atoms with E-state index in [-0.39, 0.29) is 136 Å². The lowest BCUT2D eigenvalue weighted by Gasteiger charge is -2.42. The van der Waals surface area contributed by atoms with Crippen molar-refractivity contribution in [1.29, 1.82) is 0 Å². The third-order valence-corrected chi connectivity index (χ3v) is 15.3. The lowest BCUT2D eigenvalue weighted by atomic mass is 9.89. The zero-order chi connectivity index (χ0) is 95.9. The summed E-state index contributed by atoms with van der Waals surface area (Å²) in [6.45, 7) is -19.7. The van der Waals surface area contributed by atoms with Crippen LogP contribution in [0, 0.1) is 0 Å². The van der Waals surface area contributed by atoms with E-state index in [1.165, 1.54) is 0 Å². The largest absolute Gasteiger partial charge is 0.384 e. The number of ether oxygens (including phenoxy) is 12. The fraction of sp³-hybridized carbons (Fsp3) is 0.947. The minimum atomic E-state index is -8.58. The number of nitrogens with zero attached hydrogens (tertiary/aromatic N) is 3. The summed E-state index contributed by atoms with van der Waals surface area (Å²) in [7, 11) is 0. The predicted molar refractivity (Wildman–Crippen MR) is 311 cm³/mol. The smallest absolute Gasteiger partial charge is 0.379 e. The highest BCUT2D eigenvalue weighted by atomic mass is 19.4. The maximum Gasteiger partial charge on any atom is 0.384 e. The zero-order valence-corrected chi connectivity index (χ0v) is 60.8. The summed E-state index contributed by atoms with van der Waals surface area (Å²) in [6, 6.07) is 0. The topological polar surface area (TPSA) is 186 Å². The van der Waals surface area contributed by atoms with Crippen molar-refractivity contribution in [3.63, 3.8) is 0 Å². The second kappa shape index (κ2) is 44.7. The van der Waals surface area contributed by atoms with E-state index < -0.39 is 223 Å². The summed E-state index contributed by atoms with van der Waals surface area (Å²) in [4.78, 5) is 12.5. The standard InChI is InChI=1S/C57H66F48N6O12/c58-31(59)40(70,71)46(82,83)52(94,95)55(100,101)49(88,89)43(76,77)37(64,65)28-121-25-22-118-19-16-115-13-10-112-7-1-4-106-34-109-35(107-5-2-8-113-11-14-116-17-20-119-23-26-122-29-38(66,67)44(78,79)50(90,91)56(102,103)53(96,97)47(84,85)41(72,73)32(60)61)111-36(110-34)108-6-3-9-114-12-15-117-18-21-120-24-27-123-30-39(68,69)45(80,81)51(92,93)57(104,105)54(98,99)48(86,87)42(74,75)33(62)63/h31-33H,1-30H2,(H3,106,107,108,109,110,111). The average molecular weight is 1940 g/mol. The van der Waals surface area contributed by atoms with Gasteiger partial charge in [-0.2, -0.15) is 199 Å². The average Bonchev–Trinajstić information content (AvgIpc) is 0.709. The van der Waals surface area contributed by atoms with Crippen molar-refractivity contribution in [2.45, 2.75) is 163 Å². The van der Waals surface area contributed by atoms with E-state index in [2.05, 4.69) is 45.1 Å². The number of halogens is 48. The molecule has 0 aliphatic rings. The first-order valence-corrected chi connectivity index (χ1v) is 33.3. The molecule has 0 fully saturated rings. The zero-order valence-electron chi connectivity index (χ0n) is 60.8. The Kier molecular flexibility index (Phi) is 42.0. The molecule has 123 heavy (non-hydrogen) atoms. The van der Waals surface area contributed by atoms with Crippen LogP contribution in [-0.4, -0.2) is 337 Å². The molecule has 0 atom stereocenters. The van der Waals surface area contributed by atoms with Crippen molar-refractivity contribution in [2.24, 2.45) is 0 Å². The Hall–Kier alpha value is -5.43. The molecule has 732 valence electrons. The first-order valence-electron chi connectivity index (χ1n) is 33.3. The van der Waals surface area contributed by atoms with Crippen LogP contribution in [0.1, 0.15) is 19.3 Å². The molecule has 0 amide bonds. The molecule has 0 bridgehead atoms. The Labute approximate surface area is 657 Å². The van der Waals surface area contributed by atoms with Crippen molar-refractivity contribution in [3.8, 4) is 0 Å². The Morgan fingerprint density at radius 1 is 0.179 bits per heavy atom. The minimum absolute atomic E-state index is 0.0344. The fourth-order valence-electron chi connectivity index (χ4n) is 8.09. The summed E-state index contributed by atoms with van der Waals surface area (Å²) >= 11 is 0. The Morgan fingerprint density at radius 2 is 0.309 bits per heavy atom. The van der Waals surface area contributed by atoms with Gasteiger partial charge in [-0.1, -0.05) is 0 Å². The fourth-order valence-corrected chi connectivity index (χ4v) is 8.09. The molecule has 0 aromatic carbocycles. The molecule has 0 unspecified atom stereocenters. The number of aromatic nitrogens is 3. The molecule has 0 aliphatic heterocycles.